The van der Waals surface area contributed by atoms with Gasteiger partial charge in [-0.1, -0.05) is 31.9 Å². The Labute approximate surface area is 54.7 Å². The van der Waals surface area contributed by atoms with E-state index < -0.39 is 0 Å². The topological polar surface area (TPSA) is 31.5 Å². The molecule has 0 amide bonds. The van der Waals surface area contributed by atoms with Crippen LogP contribution in [0, 0.1) is 0 Å². The second kappa shape index (κ2) is 9.33. The zero-order valence-electron chi connectivity index (χ0n) is 3.38. The Morgan fingerprint density at radius 3 is 1.33 bits per heavy atom. The lowest BCUT2D eigenvalue weighted by molar-refractivity contribution is 0.824. The van der Waals surface area contributed by atoms with Crippen LogP contribution in [0.4, 0.5) is 0 Å². The summed E-state index contributed by atoms with van der Waals surface area (Å²) in [4.78, 5) is 0. The second-order valence-corrected chi connectivity index (χ2v) is 2.32. The number of hydrogen-bond acceptors (Lipinski definition) is 0. The molecule has 0 aromatic heterocycles. The normalized spacial score (nSPS) is 7.00. The molecule has 0 aliphatic carbocycles. The lowest BCUT2D eigenvalue weighted by atomic mass is 10.6. The Hall–Kier alpha value is 0.920. The van der Waals surface area contributed by atoms with Gasteiger partial charge in [-0.25, -0.2) is 0 Å². The molecule has 40 valence electrons. The molecule has 0 rings (SSSR count). The maximum atomic E-state index is 3.28. The summed E-state index contributed by atoms with van der Waals surface area (Å²) >= 11 is 6.56. The second-order valence-electron chi connectivity index (χ2n) is 0.732. The number of hydrogen-bond donors (Lipinski definition) is 0. The highest BCUT2D eigenvalue weighted by Crippen LogP contribution is 1.90. The molecule has 0 radical (unpaired) electrons. The third-order valence-electron chi connectivity index (χ3n) is 0.267. The molecule has 3 heteroatoms. The molecular weight excluding hydrogens is 212 g/mol. The Morgan fingerprint density at radius 1 is 1.00 bits per heavy atom. The van der Waals surface area contributed by atoms with Crippen LogP contribution in [-0.2, 0) is 0 Å². The molecule has 0 heterocycles. The van der Waals surface area contributed by atoms with Crippen LogP contribution in [0.2, 0.25) is 0 Å². The average Bonchev–Trinajstić information content (AvgIpc) is 1.41. The van der Waals surface area contributed by atoms with Gasteiger partial charge in [0.05, 0.1) is 0 Å². The Morgan fingerprint density at radius 2 is 1.33 bits per heavy atom. The third-order valence-corrected chi connectivity index (χ3v) is 1.39. The van der Waals surface area contributed by atoms with Crippen molar-refractivity contribution in [3.63, 3.8) is 0 Å². The molecule has 0 saturated carbocycles. The van der Waals surface area contributed by atoms with Crippen molar-refractivity contribution < 1.29 is 5.48 Å². The molecule has 0 fully saturated rings. The van der Waals surface area contributed by atoms with Crippen molar-refractivity contribution in [3.05, 3.63) is 0 Å². The summed E-state index contributed by atoms with van der Waals surface area (Å²) in [6.07, 6.45) is 1.22. The van der Waals surface area contributed by atoms with Gasteiger partial charge in [-0.15, -0.1) is 0 Å². The zero-order chi connectivity index (χ0) is 4.12. The van der Waals surface area contributed by atoms with Crippen molar-refractivity contribution in [2.75, 3.05) is 10.7 Å². The summed E-state index contributed by atoms with van der Waals surface area (Å²) in [5.41, 5.74) is 0. The van der Waals surface area contributed by atoms with Crippen LogP contribution in [0.5, 0.6) is 0 Å². The highest BCUT2D eigenvalue weighted by Gasteiger charge is 1.71. The van der Waals surface area contributed by atoms with Crippen molar-refractivity contribution in [2.24, 2.45) is 0 Å². The van der Waals surface area contributed by atoms with Crippen LogP contribution < -0.4 is 0 Å². The molecule has 0 aromatic carbocycles. The van der Waals surface area contributed by atoms with Crippen LogP contribution in [-0.4, -0.2) is 16.1 Å². The van der Waals surface area contributed by atoms with Gasteiger partial charge < -0.3 is 5.48 Å². The van der Waals surface area contributed by atoms with Gasteiger partial charge in [0.25, 0.3) is 0 Å². The van der Waals surface area contributed by atoms with Crippen LogP contribution in [0.25, 0.3) is 0 Å². The summed E-state index contributed by atoms with van der Waals surface area (Å²) in [7, 11) is 0. The molecule has 2 N–H and O–H groups in total. The molecule has 0 bridgehead atoms. The van der Waals surface area contributed by atoms with Gasteiger partial charge in [0.2, 0.25) is 0 Å². The van der Waals surface area contributed by atoms with Gasteiger partial charge in [0.1, 0.15) is 0 Å². The van der Waals surface area contributed by atoms with Crippen molar-refractivity contribution in [1.29, 1.82) is 0 Å². The first kappa shape index (κ1) is 10.0. The van der Waals surface area contributed by atoms with Crippen LogP contribution >= 0.6 is 31.9 Å². The minimum atomic E-state index is 0. The van der Waals surface area contributed by atoms with E-state index in [0.29, 0.717) is 0 Å². The van der Waals surface area contributed by atoms with E-state index in [9.17, 15) is 0 Å². The summed E-state index contributed by atoms with van der Waals surface area (Å²) in [5, 5.41) is 2.22. The predicted octanol–water partition coefficient (Wildman–Crippen LogP) is 1.34. The fraction of sp³-hybridized carbons (Fsp3) is 1.00. The van der Waals surface area contributed by atoms with Crippen molar-refractivity contribution in [1.82, 2.24) is 0 Å². The fourth-order valence-electron chi connectivity index (χ4n) is 0.0505. The smallest absolute Gasteiger partial charge is 0.00392 e. The van der Waals surface area contributed by atoms with E-state index in [-0.39, 0.29) is 5.48 Å². The fourth-order valence-corrected chi connectivity index (χ4v) is 1.36. The quantitative estimate of drug-likeness (QED) is 0.629. The first-order chi connectivity index (χ1) is 2.41. The first-order valence-electron chi connectivity index (χ1n) is 1.53. The van der Waals surface area contributed by atoms with Crippen molar-refractivity contribution in [2.45, 2.75) is 6.42 Å². The number of rotatable bonds is 2. The van der Waals surface area contributed by atoms with E-state index in [2.05, 4.69) is 31.9 Å². The molecule has 0 unspecified atom stereocenters. The lowest BCUT2D eigenvalue weighted by Gasteiger charge is -1.76. The van der Waals surface area contributed by atoms with Gasteiger partial charge >= 0.3 is 0 Å². The van der Waals surface area contributed by atoms with Crippen molar-refractivity contribution >= 4 is 31.9 Å². The zero-order valence-corrected chi connectivity index (χ0v) is 6.55. The SMILES string of the molecule is BrCCCBr.O. The molecule has 0 atom stereocenters. The minimum Gasteiger partial charge on any atom is -0.412 e. The van der Waals surface area contributed by atoms with E-state index in [0.717, 1.165) is 10.7 Å². The highest BCUT2D eigenvalue weighted by atomic mass is 79.9. The first-order valence-corrected chi connectivity index (χ1v) is 3.78. The van der Waals surface area contributed by atoms with Crippen molar-refractivity contribution in [3.8, 4) is 0 Å². The maximum absolute atomic E-state index is 3.28. The monoisotopic (exact) mass is 218 g/mol. The van der Waals surface area contributed by atoms with E-state index in [1.807, 2.05) is 0 Å². The Balaban J connectivity index is 0. The molecule has 6 heavy (non-hydrogen) atoms. The largest absolute Gasteiger partial charge is 0.412 e. The highest BCUT2D eigenvalue weighted by molar-refractivity contribution is 9.09. The Bertz CT molecular complexity index is 16.3. The summed E-state index contributed by atoms with van der Waals surface area (Å²) in [5.74, 6) is 0. The molecule has 0 aliphatic heterocycles. The molecule has 1 nitrogen and oxygen atoms in total. The summed E-state index contributed by atoms with van der Waals surface area (Å²) < 4.78 is 0. The lowest BCUT2D eigenvalue weighted by Crippen LogP contribution is -1.69. The minimum absolute atomic E-state index is 0. The van der Waals surface area contributed by atoms with Crippen LogP contribution in [0.1, 0.15) is 6.42 Å². The van der Waals surface area contributed by atoms with Crippen LogP contribution in [0.3, 0.4) is 0 Å². The summed E-state index contributed by atoms with van der Waals surface area (Å²) in [6, 6.07) is 0. The van der Waals surface area contributed by atoms with E-state index >= 15 is 0 Å². The Kier molecular flexibility index (Phi) is 15.6. The number of alkyl halides is 2. The number of halogens is 2. The molecule has 0 aliphatic rings. The molecular formula is C3H8Br2O. The molecule has 0 saturated heterocycles. The van der Waals surface area contributed by atoms with Crippen LogP contribution in [0.15, 0.2) is 0 Å². The third kappa shape index (κ3) is 8.87. The molecule has 0 spiro atoms. The van der Waals surface area contributed by atoms with E-state index in [1.54, 1.807) is 0 Å². The van der Waals surface area contributed by atoms with Gasteiger partial charge in [0, 0.05) is 10.7 Å². The van der Waals surface area contributed by atoms with E-state index in [1.165, 1.54) is 6.42 Å². The predicted molar refractivity (Wildman–Crippen MR) is 35.8 cm³/mol. The van der Waals surface area contributed by atoms with Gasteiger partial charge in [-0.3, -0.25) is 0 Å². The molecule has 0 aromatic rings. The maximum Gasteiger partial charge on any atom is 0.00392 e. The van der Waals surface area contributed by atoms with Gasteiger partial charge in [0.15, 0.2) is 0 Å². The van der Waals surface area contributed by atoms with Gasteiger partial charge in [-0.2, -0.15) is 0 Å². The van der Waals surface area contributed by atoms with E-state index in [4.69, 9.17) is 0 Å². The summed E-state index contributed by atoms with van der Waals surface area (Å²) in [6.45, 7) is 0. The standard InChI is InChI=1S/C3H6Br2.H2O/c4-2-1-3-5;/h1-3H2;1H2. The van der Waals surface area contributed by atoms with Gasteiger partial charge in [-0.05, 0) is 6.42 Å². The average molecular weight is 220 g/mol.